The number of benzene rings is 1. The van der Waals surface area contributed by atoms with Gasteiger partial charge in [-0.25, -0.2) is 17.2 Å². The van der Waals surface area contributed by atoms with Crippen LogP contribution >= 0.6 is 0 Å². The Morgan fingerprint density at radius 2 is 2.05 bits per heavy atom. The summed E-state index contributed by atoms with van der Waals surface area (Å²) in [6.45, 7) is 0.286. The van der Waals surface area contributed by atoms with Gasteiger partial charge in [0.05, 0.1) is 6.26 Å². The molecule has 0 aliphatic carbocycles. The van der Waals surface area contributed by atoms with Crippen molar-refractivity contribution in [3.05, 3.63) is 29.8 Å². The Bertz CT molecular complexity index is 634. The first-order valence-electron chi connectivity index (χ1n) is 6.02. The Hall–Kier alpha value is -1.54. The lowest BCUT2D eigenvalue weighted by Crippen LogP contribution is -2.42. The number of hydrogen-bond donors (Lipinski definition) is 1. The van der Waals surface area contributed by atoms with Crippen molar-refractivity contribution in [1.29, 1.82) is 0 Å². The fraction of sp³-hybridized carbons (Fsp3) is 0.417. The first-order chi connectivity index (χ1) is 9.29. The van der Waals surface area contributed by atoms with Gasteiger partial charge in [-0.05, 0) is 25.0 Å². The van der Waals surface area contributed by atoms with E-state index in [1.165, 1.54) is 6.07 Å². The van der Waals surface area contributed by atoms with E-state index in [1.54, 1.807) is 0 Å². The third kappa shape index (κ3) is 3.13. The average molecular weight is 304 g/mol. The second-order valence-corrected chi connectivity index (χ2v) is 6.58. The van der Waals surface area contributed by atoms with Crippen LogP contribution in [0.1, 0.15) is 12.8 Å². The molecule has 8 heteroatoms. The molecule has 1 fully saturated rings. The quantitative estimate of drug-likeness (QED) is 0.916. The molecule has 1 aliphatic heterocycles. The standard InChI is InChI=1S/C12H14F2N2O3S/c1-20(18,19)16-6-2-3-11(16)12(17)15-8-4-5-9(13)10(14)7-8/h4-5,7,11H,2-3,6H2,1H3,(H,15,17)/t11-/m1/s1. The number of carbonyl (C=O) groups is 1. The molecule has 0 aromatic heterocycles. The zero-order valence-corrected chi connectivity index (χ0v) is 11.6. The second-order valence-electron chi connectivity index (χ2n) is 4.65. The molecule has 1 atom stereocenters. The van der Waals surface area contributed by atoms with Crippen molar-refractivity contribution in [3.8, 4) is 0 Å². The summed E-state index contributed by atoms with van der Waals surface area (Å²) < 4.78 is 50.0. The van der Waals surface area contributed by atoms with Crippen molar-refractivity contribution in [1.82, 2.24) is 4.31 Å². The van der Waals surface area contributed by atoms with E-state index < -0.39 is 33.6 Å². The van der Waals surface area contributed by atoms with Gasteiger partial charge in [0.1, 0.15) is 6.04 Å². The third-order valence-electron chi connectivity index (χ3n) is 3.12. The molecule has 1 amide bonds. The molecule has 5 nitrogen and oxygen atoms in total. The smallest absolute Gasteiger partial charge is 0.242 e. The number of amides is 1. The normalized spacial score (nSPS) is 20.1. The first-order valence-corrected chi connectivity index (χ1v) is 7.86. The molecule has 20 heavy (non-hydrogen) atoms. The molecule has 0 saturated carbocycles. The molecule has 0 unspecified atom stereocenters. The fourth-order valence-corrected chi connectivity index (χ4v) is 3.32. The van der Waals surface area contributed by atoms with Crippen LogP contribution in [0, 0.1) is 11.6 Å². The SMILES string of the molecule is CS(=O)(=O)N1CCC[C@@H]1C(=O)Nc1ccc(F)c(F)c1. The van der Waals surface area contributed by atoms with E-state index in [4.69, 9.17) is 0 Å². The van der Waals surface area contributed by atoms with Crippen molar-refractivity contribution in [3.63, 3.8) is 0 Å². The van der Waals surface area contributed by atoms with Crippen LogP contribution in [0.3, 0.4) is 0 Å². The van der Waals surface area contributed by atoms with Crippen molar-refractivity contribution < 1.29 is 22.0 Å². The maximum Gasteiger partial charge on any atom is 0.242 e. The molecule has 1 saturated heterocycles. The Balaban J connectivity index is 2.13. The van der Waals surface area contributed by atoms with Gasteiger partial charge in [-0.15, -0.1) is 0 Å². The van der Waals surface area contributed by atoms with E-state index >= 15 is 0 Å². The number of rotatable bonds is 3. The molecule has 110 valence electrons. The first kappa shape index (κ1) is 14.9. The zero-order chi connectivity index (χ0) is 14.9. The van der Waals surface area contributed by atoms with Gasteiger partial charge in [0.15, 0.2) is 11.6 Å². The van der Waals surface area contributed by atoms with Gasteiger partial charge in [0.25, 0.3) is 0 Å². The largest absolute Gasteiger partial charge is 0.325 e. The highest BCUT2D eigenvalue weighted by Gasteiger charge is 2.36. The van der Waals surface area contributed by atoms with Gasteiger partial charge in [0, 0.05) is 18.3 Å². The summed E-state index contributed by atoms with van der Waals surface area (Å²) in [5.74, 6) is -2.63. The minimum absolute atomic E-state index is 0.0919. The van der Waals surface area contributed by atoms with Gasteiger partial charge >= 0.3 is 0 Å². The number of sulfonamides is 1. The predicted molar refractivity (Wildman–Crippen MR) is 69.6 cm³/mol. The van der Waals surface area contributed by atoms with Gasteiger partial charge < -0.3 is 5.32 Å². The fourth-order valence-electron chi connectivity index (χ4n) is 2.20. The van der Waals surface area contributed by atoms with Crippen molar-refractivity contribution in [2.75, 3.05) is 18.1 Å². The van der Waals surface area contributed by atoms with Crippen LogP contribution in [-0.2, 0) is 14.8 Å². The van der Waals surface area contributed by atoms with E-state index in [1.807, 2.05) is 0 Å². The van der Waals surface area contributed by atoms with E-state index in [2.05, 4.69) is 5.32 Å². The average Bonchev–Trinajstić information content (AvgIpc) is 2.83. The highest BCUT2D eigenvalue weighted by atomic mass is 32.2. The van der Waals surface area contributed by atoms with Crippen LogP contribution in [0.5, 0.6) is 0 Å². The molecular weight excluding hydrogens is 290 g/mol. The molecule has 0 bridgehead atoms. The molecule has 1 aromatic rings. The Kier molecular flexibility index (Phi) is 4.05. The van der Waals surface area contributed by atoms with E-state index in [0.717, 1.165) is 22.7 Å². The third-order valence-corrected chi connectivity index (χ3v) is 4.41. The van der Waals surface area contributed by atoms with Crippen molar-refractivity contribution in [2.45, 2.75) is 18.9 Å². The number of hydrogen-bond acceptors (Lipinski definition) is 3. The predicted octanol–water partition coefficient (Wildman–Crippen LogP) is 1.33. The summed E-state index contributed by atoms with van der Waals surface area (Å²) in [4.78, 5) is 12.0. The van der Waals surface area contributed by atoms with E-state index in [0.29, 0.717) is 12.8 Å². The van der Waals surface area contributed by atoms with Gasteiger partial charge in [-0.1, -0.05) is 0 Å². The highest BCUT2D eigenvalue weighted by Crippen LogP contribution is 2.22. The van der Waals surface area contributed by atoms with Gasteiger partial charge in [0.2, 0.25) is 15.9 Å². The minimum atomic E-state index is -3.47. The minimum Gasteiger partial charge on any atom is -0.325 e. The van der Waals surface area contributed by atoms with Crippen LogP contribution in [0.4, 0.5) is 14.5 Å². The molecule has 0 spiro atoms. The maximum absolute atomic E-state index is 13.0. The van der Waals surface area contributed by atoms with Gasteiger partial charge in [-0.2, -0.15) is 4.31 Å². The summed E-state index contributed by atoms with van der Waals surface area (Å²) in [5.41, 5.74) is 0.0919. The van der Waals surface area contributed by atoms with Crippen LogP contribution < -0.4 is 5.32 Å². The molecule has 0 radical (unpaired) electrons. The lowest BCUT2D eigenvalue weighted by Gasteiger charge is -2.21. The summed E-state index contributed by atoms with van der Waals surface area (Å²) in [5, 5.41) is 2.40. The lowest BCUT2D eigenvalue weighted by molar-refractivity contribution is -0.119. The summed E-state index contributed by atoms with van der Waals surface area (Å²) in [6.07, 6.45) is 2.03. The summed E-state index contributed by atoms with van der Waals surface area (Å²) >= 11 is 0. The molecule has 1 heterocycles. The molecule has 1 N–H and O–H groups in total. The maximum atomic E-state index is 13.0. The van der Waals surface area contributed by atoms with E-state index in [9.17, 15) is 22.0 Å². The van der Waals surface area contributed by atoms with Crippen LogP contribution in [-0.4, -0.2) is 37.5 Å². The topological polar surface area (TPSA) is 66.5 Å². The highest BCUT2D eigenvalue weighted by molar-refractivity contribution is 7.88. The number of halogens is 2. The number of anilines is 1. The Morgan fingerprint density at radius 3 is 2.65 bits per heavy atom. The van der Waals surface area contributed by atoms with Gasteiger partial charge in [-0.3, -0.25) is 4.79 Å². The second kappa shape index (κ2) is 5.45. The summed E-state index contributed by atoms with van der Waals surface area (Å²) in [7, 11) is -3.47. The number of nitrogens with one attached hydrogen (secondary N) is 1. The number of nitrogens with zero attached hydrogens (tertiary/aromatic N) is 1. The van der Waals surface area contributed by atoms with Crippen LogP contribution in [0.25, 0.3) is 0 Å². The summed E-state index contributed by atoms with van der Waals surface area (Å²) in [6, 6.07) is 2.16. The van der Waals surface area contributed by atoms with E-state index in [-0.39, 0.29) is 12.2 Å². The molecule has 1 aromatic carbocycles. The lowest BCUT2D eigenvalue weighted by atomic mass is 10.2. The molecule has 1 aliphatic rings. The Morgan fingerprint density at radius 1 is 1.35 bits per heavy atom. The van der Waals surface area contributed by atoms with Crippen LogP contribution in [0.15, 0.2) is 18.2 Å². The van der Waals surface area contributed by atoms with Crippen LogP contribution in [0.2, 0.25) is 0 Å². The Labute approximate surface area is 115 Å². The van der Waals surface area contributed by atoms with Crippen molar-refractivity contribution in [2.24, 2.45) is 0 Å². The molecule has 2 rings (SSSR count). The number of carbonyl (C=O) groups excluding carboxylic acids is 1. The zero-order valence-electron chi connectivity index (χ0n) is 10.8. The molecular formula is C12H14F2N2O3S. The monoisotopic (exact) mass is 304 g/mol. The van der Waals surface area contributed by atoms with Crippen molar-refractivity contribution >= 4 is 21.6 Å².